The smallest absolute Gasteiger partial charge is 0.111 e. The van der Waals surface area contributed by atoms with Gasteiger partial charge in [-0.1, -0.05) is 22.6 Å². The van der Waals surface area contributed by atoms with Crippen LogP contribution < -0.4 is 5.73 Å². The monoisotopic (exact) mass is 243 g/mol. The Balaban J connectivity index is 2.38. The molecule has 0 aliphatic carbocycles. The van der Waals surface area contributed by atoms with E-state index in [0.717, 1.165) is 6.42 Å². The van der Waals surface area contributed by atoms with Gasteiger partial charge in [0.25, 0.3) is 0 Å². The fourth-order valence-electron chi connectivity index (χ4n) is 0.890. The minimum Gasteiger partial charge on any atom is -0.394 e. The highest BCUT2D eigenvalue weighted by atomic mass is 127. The lowest BCUT2D eigenvalue weighted by Gasteiger charge is -2.09. The summed E-state index contributed by atoms with van der Waals surface area (Å²) in [5, 5.41) is 8.65. The predicted molar refractivity (Wildman–Crippen MR) is 42.4 cm³/mol. The zero-order chi connectivity index (χ0) is 6.85. The van der Waals surface area contributed by atoms with Gasteiger partial charge in [-0.2, -0.15) is 0 Å². The van der Waals surface area contributed by atoms with Crippen molar-refractivity contribution in [3.63, 3.8) is 0 Å². The summed E-state index contributed by atoms with van der Waals surface area (Å²) in [5.74, 6) is 0. The quantitative estimate of drug-likeness (QED) is 0.497. The molecule has 1 saturated heterocycles. The van der Waals surface area contributed by atoms with Gasteiger partial charge in [0.1, 0.15) is 4.11 Å². The molecule has 0 aromatic carbocycles. The number of rotatable bonds is 1. The van der Waals surface area contributed by atoms with E-state index in [9.17, 15) is 0 Å². The molecule has 2 unspecified atom stereocenters. The highest BCUT2D eigenvalue weighted by Crippen LogP contribution is 2.22. The Hall–Kier alpha value is 0.610. The highest BCUT2D eigenvalue weighted by Gasteiger charge is 2.29. The van der Waals surface area contributed by atoms with Gasteiger partial charge < -0.3 is 15.6 Å². The van der Waals surface area contributed by atoms with Crippen LogP contribution in [-0.4, -0.2) is 28.0 Å². The largest absolute Gasteiger partial charge is 0.394 e. The normalized spacial score (nSPS) is 43.7. The van der Waals surface area contributed by atoms with Crippen LogP contribution in [0.25, 0.3) is 0 Å². The molecule has 3 nitrogen and oxygen atoms in total. The lowest BCUT2D eigenvalue weighted by atomic mass is 10.2. The lowest BCUT2D eigenvalue weighted by Crippen LogP contribution is -2.32. The average Bonchev–Trinajstić information content (AvgIpc) is 2.10. The van der Waals surface area contributed by atoms with Crippen LogP contribution in [0.15, 0.2) is 0 Å². The van der Waals surface area contributed by atoms with Crippen molar-refractivity contribution in [2.45, 2.75) is 22.7 Å². The molecule has 0 radical (unpaired) electrons. The Labute approximate surface area is 67.7 Å². The fourth-order valence-corrected chi connectivity index (χ4v) is 1.85. The fraction of sp³-hybridized carbons (Fsp3) is 1.00. The molecule has 54 valence electrons. The van der Waals surface area contributed by atoms with Gasteiger partial charge in [-0.15, -0.1) is 0 Å². The van der Waals surface area contributed by atoms with Crippen LogP contribution in [0.3, 0.4) is 0 Å². The van der Waals surface area contributed by atoms with Gasteiger partial charge in [0.15, 0.2) is 0 Å². The van der Waals surface area contributed by atoms with Crippen LogP contribution in [0, 0.1) is 0 Å². The molecule has 0 saturated carbocycles. The number of ether oxygens (including phenoxy) is 1. The number of hydrogen-bond donors (Lipinski definition) is 2. The first-order valence-electron chi connectivity index (χ1n) is 2.90. The van der Waals surface area contributed by atoms with Gasteiger partial charge in [0, 0.05) is 12.5 Å². The van der Waals surface area contributed by atoms with E-state index < -0.39 is 0 Å². The van der Waals surface area contributed by atoms with Gasteiger partial charge in [-0.25, -0.2) is 0 Å². The molecular formula is C5H10INO2. The second kappa shape index (κ2) is 3.14. The summed E-state index contributed by atoms with van der Waals surface area (Å²) in [6.07, 6.45) is 0.720. The maximum atomic E-state index is 8.65. The Kier molecular flexibility index (Phi) is 2.69. The van der Waals surface area contributed by atoms with Crippen LogP contribution in [0.1, 0.15) is 6.42 Å². The SMILES string of the molecule is N[C@@H]1CC(I)OC1CO. The van der Waals surface area contributed by atoms with E-state index in [2.05, 4.69) is 22.6 Å². The Morgan fingerprint density at radius 2 is 2.44 bits per heavy atom. The Morgan fingerprint density at radius 3 is 2.67 bits per heavy atom. The molecule has 9 heavy (non-hydrogen) atoms. The molecule has 0 spiro atoms. The second-order valence-corrected chi connectivity index (χ2v) is 3.56. The topological polar surface area (TPSA) is 55.5 Å². The van der Waals surface area contributed by atoms with Gasteiger partial charge in [0.05, 0.1) is 12.7 Å². The first-order valence-corrected chi connectivity index (χ1v) is 4.14. The van der Waals surface area contributed by atoms with Crippen molar-refractivity contribution in [3.8, 4) is 0 Å². The van der Waals surface area contributed by atoms with Crippen molar-refractivity contribution < 1.29 is 9.84 Å². The molecule has 3 atom stereocenters. The molecule has 4 heteroatoms. The van der Waals surface area contributed by atoms with E-state index in [0.29, 0.717) is 0 Å². The summed E-state index contributed by atoms with van der Waals surface area (Å²) in [7, 11) is 0. The van der Waals surface area contributed by atoms with Gasteiger partial charge in [-0.05, 0) is 0 Å². The maximum Gasteiger partial charge on any atom is 0.111 e. The minimum atomic E-state index is -0.133. The molecule has 1 aliphatic rings. The summed E-state index contributed by atoms with van der Waals surface area (Å²) in [4.78, 5) is 0. The summed E-state index contributed by atoms with van der Waals surface area (Å²) in [5.41, 5.74) is 5.59. The van der Waals surface area contributed by atoms with Crippen LogP contribution in [-0.2, 0) is 4.74 Å². The van der Waals surface area contributed by atoms with Crippen LogP contribution >= 0.6 is 22.6 Å². The lowest BCUT2D eigenvalue weighted by molar-refractivity contribution is 0.0461. The average molecular weight is 243 g/mol. The molecule has 1 rings (SSSR count). The third kappa shape index (κ3) is 1.76. The van der Waals surface area contributed by atoms with E-state index in [1.165, 1.54) is 0 Å². The zero-order valence-electron chi connectivity index (χ0n) is 4.96. The molecule has 1 aliphatic heterocycles. The first kappa shape index (κ1) is 7.71. The molecule has 0 bridgehead atoms. The van der Waals surface area contributed by atoms with Crippen molar-refractivity contribution >= 4 is 22.6 Å². The summed E-state index contributed by atoms with van der Waals surface area (Å²) in [6.45, 7) is 0.0423. The molecule has 3 N–H and O–H groups in total. The van der Waals surface area contributed by atoms with Crippen molar-refractivity contribution in [2.75, 3.05) is 6.61 Å². The van der Waals surface area contributed by atoms with E-state index >= 15 is 0 Å². The molecule has 1 heterocycles. The highest BCUT2D eigenvalue weighted by molar-refractivity contribution is 14.1. The van der Waals surface area contributed by atoms with E-state index in [4.69, 9.17) is 15.6 Å². The van der Waals surface area contributed by atoms with E-state index in [-0.39, 0.29) is 22.9 Å². The minimum absolute atomic E-state index is 0.0249. The molecule has 0 aromatic heterocycles. The van der Waals surface area contributed by atoms with E-state index in [1.54, 1.807) is 0 Å². The summed E-state index contributed by atoms with van der Waals surface area (Å²) < 4.78 is 5.42. The van der Waals surface area contributed by atoms with Crippen molar-refractivity contribution in [3.05, 3.63) is 0 Å². The van der Waals surface area contributed by atoms with Crippen molar-refractivity contribution in [2.24, 2.45) is 5.73 Å². The molecule has 0 aromatic rings. The first-order chi connectivity index (χ1) is 4.24. The molecular weight excluding hydrogens is 233 g/mol. The number of aliphatic hydroxyl groups is 1. The maximum absolute atomic E-state index is 8.65. The number of nitrogens with two attached hydrogens (primary N) is 1. The number of halogens is 1. The van der Waals surface area contributed by atoms with Gasteiger partial charge in [0.2, 0.25) is 0 Å². The van der Waals surface area contributed by atoms with Gasteiger partial charge >= 0.3 is 0 Å². The predicted octanol–water partition coefficient (Wildman–Crippen LogP) is -0.144. The molecule has 1 fully saturated rings. The number of alkyl halides is 1. The van der Waals surface area contributed by atoms with Crippen molar-refractivity contribution in [1.29, 1.82) is 0 Å². The van der Waals surface area contributed by atoms with Crippen LogP contribution in [0.5, 0.6) is 0 Å². The Bertz CT molecular complexity index is 101. The number of hydrogen-bond acceptors (Lipinski definition) is 3. The second-order valence-electron chi connectivity index (χ2n) is 2.17. The van der Waals surface area contributed by atoms with Crippen molar-refractivity contribution in [1.82, 2.24) is 0 Å². The van der Waals surface area contributed by atoms with E-state index in [1.807, 2.05) is 0 Å². The zero-order valence-corrected chi connectivity index (χ0v) is 7.11. The van der Waals surface area contributed by atoms with Gasteiger partial charge in [-0.3, -0.25) is 0 Å². The molecule has 0 amide bonds. The van der Waals surface area contributed by atoms with Crippen LogP contribution in [0.4, 0.5) is 0 Å². The van der Waals surface area contributed by atoms with Crippen LogP contribution in [0.2, 0.25) is 0 Å². The third-order valence-corrected chi connectivity index (χ3v) is 2.24. The number of aliphatic hydroxyl groups excluding tert-OH is 1. The Morgan fingerprint density at radius 1 is 1.78 bits per heavy atom. The summed E-state index contributed by atoms with van der Waals surface area (Å²) >= 11 is 2.17. The summed E-state index contributed by atoms with van der Waals surface area (Å²) in [6, 6.07) is 0.0249. The standard InChI is InChI=1S/C5H10INO2/c6-5-1-3(7)4(2-8)9-5/h3-5,8H,1-2,7H2/t3-,4?,5?/m1/s1. The third-order valence-electron chi connectivity index (χ3n) is 1.44.